The highest BCUT2D eigenvalue weighted by Crippen LogP contribution is 2.19. The average molecular weight is 382 g/mol. The number of H-pyrrole nitrogens is 1. The van der Waals surface area contributed by atoms with Gasteiger partial charge < -0.3 is 14.2 Å². The number of pyridine rings is 1. The number of hydrogen-bond acceptors (Lipinski definition) is 6. The molecule has 0 bridgehead atoms. The van der Waals surface area contributed by atoms with Crippen LogP contribution in [0.3, 0.4) is 0 Å². The van der Waals surface area contributed by atoms with E-state index in [0.29, 0.717) is 21.7 Å². The van der Waals surface area contributed by atoms with Gasteiger partial charge in [0.1, 0.15) is 0 Å². The second-order valence-electron chi connectivity index (χ2n) is 5.69. The Balaban J connectivity index is 1.52. The molecule has 4 rings (SSSR count). The van der Waals surface area contributed by atoms with Crippen LogP contribution in [0, 0.1) is 0 Å². The van der Waals surface area contributed by atoms with Gasteiger partial charge in [-0.05, 0) is 30.3 Å². The molecule has 4 aromatic rings. The number of aromatic nitrogens is 3. The van der Waals surface area contributed by atoms with Crippen molar-refractivity contribution >= 4 is 28.5 Å². The lowest BCUT2D eigenvalue weighted by molar-refractivity contribution is 0.0432. The van der Waals surface area contributed by atoms with E-state index in [1.165, 1.54) is 6.07 Å². The molecule has 8 heteroatoms. The Morgan fingerprint density at radius 1 is 1.15 bits per heavy atom. The molecule has 2 aromatic carbocycles. The molecule has 0 fully saturated rings. The van der Waals surface area contributed by atoms with Gasteiger partial charge in [-0.1, -0.05) is 35.0 Å². The van der Waals surface area contributed by atoms with E-state index < -0.39 is 5.97 Å². The number of esters is 1. The average Bonchev–Trinajstić information content (AvgIpc) is 3.15. The largest absolute Gasteiger partial charge is 0.452 e. The predicted molar refractivity (Wildman–Crippen MR) is 98.4 cm³/mol. The molecule has 0 unspecified atom stereocenters. The summed E-state index contributed by atoms with van der Waals surface area (Å²) in [6.07, 6.45) is 0. The highest BCUT2D eigenvalue weighted by Gasteiger charge is 2.15. The Labute approximate surface area is 157 Å². The van der Waals surface area contributed by atoms with E-state index in [9.17, 15) is 9.59 Å². The first kappa shape index (κ1) is 17.0. The summed E-state index contributed by atoms with van der Waals surface area (Å²) in [4.78, 5) is 31.0. The summed E-state index contributed by atoms with van der Waals surface area (Å²) in [6, 6.07) is 15.1. The lowest BCUT2D eigenvalue weighted by atomic mass is 10.1. The Bertz CT molecular complexity index is 1180. The molecule has 7 nitrogen and oxygen atoms in total. The molecule has 0 atom stereocenters. The quantitative estimate of drug-likeness (QED) is 0.542. The number of nitrogens with zero attached hydrogens (tertiary/aromatic N) is 2. The minimum atomic E-state index is -0.649. The Morgan fingerprint density at radius 3 is 2.74 bits per heavy atom. The Hall–Kier alpha value is -3.45. The maximum Gasteiger partial charge on any atom is 0.339 e. The molecule has 0 amide bonds. The first-order valence-electron chi connectivity index (χ1n) is 7.98. The summed E-state index contributed by atoms with van der Waals surface area (Å²) in [5.74, 6) is -0.148. The van der Waals surface area contributed by atoms with Crippen molar-refractivity contribution in [2.45, 2.75) is 6.61 Å². The van der Waals surface area contributed by atoms with Gasteiger partial charge >= 0.3 is 5.97 Å². The van der Waals surface area contributed by atoms with E-state index in [1.807, 2.05) is 0 Å². The summed E-state index contributed by atoms with van der Waals surface area (Å²) >= 11 is 5.85. The van der Waals surface area contributed by atoms with Crippen LogP contribution in [0.2, 0.25) is 5.02 Å². The number of benzene rings is 2. The first-order valence-corrected chi connectivity index (χ1v) is 8.36. The molecule has 0 saturated carbocycles. The van der Waals surface area contributed by atoms with Crippen LogP contribution in [0.4, 0.5) is 0 Å². The Morgan fingerprint density at radius 2 is 1.93 bits per heavy atom. The van der Waals surface area contributed by atoms with Crippen molar-refractivity contribution in [3.05, 3.63) is 81.4 Å². The number of nitrogens with one attached hydrogen (secondary N) is 1. The van der Waals surface area contributed by atoms with Crippen molar-refractivity contribution in [1.82, 2.24) is 15.1 Å². The van der Waals surface area contributed by atoms with E-state index in [-0.39, 0.29) is 23.6 Å². The number of carbonyl (C=O) groups excluding carboxylic acids is 1. The first-order chi connectivity index (χ1) is 13.1. The smallest absolute Gasteiger partial charge is 0.339 e. The van der Waals surface area contributed by atoms with Crippen molar-refractivity contribution in [2.24, 2.45) is 0 Å². The molecular weight excluding hydrogens is 370 g/mol. The van der Waals surface area contributed by atoms with E-state index in [1.54, 1.807) is 48.5 Å². The molecule has 1 N–H and O–H groups in total. The van der Waals surface area contributed by atoms with Crippen molar-refractivity contribution in [2.75, 3.05) is 0 Å². The molecular formula is C19H12ClN3O4. The molecule has 0 aliphatic carbocycles. The number of carbonyl (C=O) groups is 1. The molecule has 0 spiro atoms. The maximum absolute atomic E-state index is 12.4. The molecule has 0 aliphatic heterocycles. The highest BCUT2D eigenvalue weighted by molar-refractivity contribution is 6.30. The molecule has 0 saturated heterocycles. The summed E-state index contributed by atoms with van der Waals surface area (Å²) in [5, 5.41) is 5.05. The lowest BCUT2D eigenvalue weighted by Gasteiger charge is -2.05. The fourth-order valence-corrected chi connectivity index (χ4v) is 2.73. The molecule has 0 aliphatic rings. The number of para-hydroxylation sites is 1. The Kier molecular flexibility index (Phi) is 4.43. The third-order valence-corrected chi connectivity index (χ3v) is 4.12. The van der Waals surface area contributed by atoms with Crippen LogP contribution < -0.4 is 5.56 Å². The SMILES string of the molecule is O=C(OCc1nc(-c2ccc(Cl)cc2)no1)c1cc(=O)[nH]c2ccccc12. The zero-order valence-corrected chi connectivity index (χ0v) is 14.6. The van der Waals surface area contributed by atoms with E-state index in [0.717, 1.165) is 5.56 Å². The van der Waals surface area contributed by atoms with Gasteiger partial charge in [-0.15, -0.1) is 0 Å². The summed E-state index contributed by atoms with van der Waals surface area (Å²) in [5.41, 5.74) is 1.07. The number of halogens is 1. The van der Waals surface area contributed by atoms with E-state index in [4.69, 9.17) is 20.9 Å². The van der Waals surface area contributed by atoms with Gasteiger partial charge in [-0.2, -0.15) is 4.98 Å². The van der Waals surface area contributed by atoms with Crippen LogP contribution in [0.1, 0.15) is 16.2 Å². The predicted octanol–water partition coefficient (Wildman–Crippen LogP) is 3.59. The van der Waals surface area contributed by atoms with Gasteiger partial charge in [0, 0.05) is 27.6 Å². The minimum Gasteiger partial charge on any atom is -0.452 e. The summed E-state index contributed by atoms with van der Waals surface area (Å²) in [7, 11) is 0. The number of aromatic amines is 1. The van der Waals surface area contributed by atoms with Crippen molar-refractivity contribution in [3.63, 3.8) is 0 Å². The zero-order valence-electron chi connectivity index (χ0n) is 13.8. The van der Waals surface area contributed by atoms with Gasteiger partial charge in [0.2, 0.25) is 11.4 Å². The van der Waals surface area contributed by atoms with Crippen LogP contribution in [0.25, 0.3) is 22.3 Å². The van der Waals surface area contributed by atoms with Gasteiger partial charge in [0.25, 0.3) is 5.89 Å². The van der Waals surface area contributed by atoms with E-state index in [2.05, 4.69) is 15.1 Å². The highest BCUT2D eigenvalue weighted by atomic mass is 35.5. The minimum absolute atomic E-state index is 0.141. The monoisotopic (exact) mass is 381 g/mol. The number of ether oxygens (including phenoxy) is 1. The van der Waals surface area contributed by atoms with Crippen LogP contribution in [-0.4, -0.2) is 21.1 Å². The third kappa shape index (κ3) is 3.58. The second-order valence-corrected chi connectivity index (χ2v) is 6.12. The van der Waals surface area contributed by atoms with Crippen LogP contribution >= 0.6 is 11.6 Å². The summed E-state index contributed by atoms with van der Waals surface area (Å²) < 4.78 is 10.3. The normalized spacial score (nSPS) is 10.9. The van der Waals surface area contributed by atoms with Crippen LogP contribution in [0.15, 0.2) is 63.9 Å². The standard InChI is InChI=1S/C19H12ClN3O4/c20-12-7-5-11(6-8-12)18-22-17(27-23-18)10-26-19(25)14-9-16(24)21-15-4-2-1-3-13(14)15/h1-9H,10H2,(H,21,24). The molecule has 0 radical (unpaired) electrons. The number of hydrogen-bond donors (Lipinski definition) is 1. The maximum atomic E-state index is 12.4. The fourth-order valence-electron chi connectivity index (χ4n) is 2.61. The van der Waals surface area contributed by atoms with Gasteiger partial charge in [0.05, 0.1) is 5.56 Å². The second kappa shape index (κ2) is 7.05. The van der Waals surface area contributed by atoms with Gasteiger partial charge in [0.15, 0.2) is 6.61 Å². The van der Waals surface area contributed by atoms with Gasteiger partial charge in [-0.3, -0.25) is 4.79 Å². The molecule has 134 valence electrons. The zero-order chi connectivity index (χ0) is 18.8. The number of fused-ring (bicyclic) bond motifs is 1. The van der Waals surface area contributed by atoms with Crippen LogP contribution in [-0.2, 0) is 11.3 Å². The number of rotatable bonds is 4. The van der Waals surface area contributed by atoms with Crippen LogP contribution in [0.5, 0.6) is 0 Å². The topological polar surface area (TPSA) is 98.1 Å². The molecule has 27 heavy (non-hydrogen) atoms. The molecule has 2 aromatic heterocycles. The van der Waals surface area contributed by atoms with Crippen molar-refractivity contribution < 1.29 is 14.1 Å². The molecule has 2 heterocycles. The van der Waals surface area contributed by atoms with Crippen molar-refractivity contribution in [3.8, 4) is 11.4 Å². The third-order valence-electron chi connectivity index (χ3n) is 3.87. The van der Waals surface area contributed by atoms with Gasteiger partial charge in [-0.25, -0.2) is 4.79 Å². The fraction of sp³-hybridized carbons (Fsp3) is 0.0526. The van der Waals surface area contributed by atoms with E-state index >= 15 is 0 Å². The lowest BCUT2D eigenvalue weighted by Crippen LogP contribution is -2.13. The van der Waals surface area contributed by atoms with Crippen molar-refractivity contribution in [1.29, 1.82) is 0 Å². The summed E-state index contributed by atoms with van der Waals surface area (Å²) in [6.45, 7) is -0.208.